The summed E-state index contributed by atoms with van der Waals surface area (Å²) in [5, 5.41) is 7.67. The number of aryl methyl sites for hydroxylation is 1. The summed E-state index contributed by atoms with van der Waals surface area (Å²) in [6.07, 6.45) is 2.81. The molecule has 4 aromatic rings. The normalized spacial score (nSPS) is 15.5. The van der Waals surface area contributed by atoms with Crippen molar-refractivity contribution in [3.8, 4) is 5.75 Å². The molecule has 5 rings (SSSR count). The van der Waals surface area contributed by atoms with E-state index in [-0.39, 0.29) is 11.9 Å². The third-order valence-corrected chi connectivity index (χ3v) is 7.84. The summed E-state index contributed by atoms with van der Waals surface area (Å²) < 4.78 is 8.56. The number of aromatic nitrogens is 1. The fourth-order valence-electron chi connectivity index (χ4n) is 4.44. The van der Waals surface area contributed by atoms with Gasteiger partial charge < -0.3 is 9.30 Å². The molecule has 35 heavy (non-hydrogen) atoms. The molecule has 0 N–H and O–H groups in total. The van der Waals surface area contributed by atoms with E-state index in [1.807, 2.05) is 54.6 Å². The average Bonchev–Trinajstić information content (AvgIpc) is 3.50. The second kappa shape index (κ2) is 10.3. The van der Waals surface area contributed by atoms with Crippen LogP contribution in [0.25, 0.3) is 10.9 Å². The molecule has 3 aromatic carbocycles. The number of amides is 1. The van der Waals surface area contributed by atoms with Crippen LogP contribution in [0.15, 0.2) is 93.5 Å². The van der Waals surface area contributed by atoms with Gasteiger partial charge in [0.1, 0.15) is 5.75 Å². The van der Waals surface area contributed by atoms with E-state index < -0.39 is 0 Å². The van der Waals surface area contributed by atoms with Crippen LogP contribution in [0.2, 0.25) is 0 Å². The van der Waals surface area contributed by atoms with Gasteiger partial charge in [-0.1, -0.05) is 58.4 Å². The fraction of sp³-hybridized carbons (Fsp3) is 0.214. The van der Waals surface area contributed by atoms with Gasteiger partial charge in [0.05, 0.1) is 24.6 Å². The maximum absolute atomic E-state index is 13.5. The molecule has 0 bridgehead atoms. The van der Waals surface area contributed by atoms with Crippen LogP contribution in [0.4, 0.5) is 0 Å². The Hall–Kier alpha value is -3.03. The summed E-state index contributed by atoms with van der Waals surface area (Å²) in [6.45, 7) is 3.02. The van der Waals surface area contributed by atoms with Gasteiger partial charge in [-0.2, -0.15) is 5.10 Å². The standard InChI is InChI=1S/C28H26BrN3O2S/c1-3-31-17-27(23-6-4-5-7-25(23)31)35-18-28(33)32-26(20-10-14-22(34-2)15-11-20)16-24(30-32)19-8-12-21(29)13-9-19/h4-15,17,26H,3,16,18H2,1-2H3. The van der Waals surface area contributed by atoms with Crippen LogP contribution in [0.5, 0.6) is 5.75 Å². The predicted octanol–water partition coefficient (Wildman–Crippen LogP) is 6.90. The minimum atomic E-state index is -0.148. The summed E-state index contributed by atoms with van der Waals surface area (Å²) in [6, 6.07) is 24.2. The number of hydrogen-bond acceptors (Lipinski definition) is 4. The molecule has 0 spiro atoms. The molecule has 0 aliphatic carbocycles. The number of ether oxygens (including phenoxy) is 1. The van der Waals surface area contributed by atoms with E-state index in [1.54, 1.807) is 23.9 Å². The Kier molecular flexibility index (Phi) is 6.97. The highest BCUT2D eigenvalue weighted by molar-refractivity contribution is 9.10. The quantitative estimate of drug-likeness (QED) is 0.236. The van der Waals surface area contributed by atoms with E-state index in [4.69, 9.17) is 9.84 Å². The first kappa shape index (κ1) is 23.7. The molecule has 1 unspecified atom stereocenters. The third kappa shape index (κ3) is 4.88. The fourth-order valence-corrected chi connectivity index (χ4v) is 5.64. The average molecular weight is 549 g/mol. The first-order valence-corrected chi connectivity index (χ1v) is 13.4. The van der Waals surface area contributed by atoms with E-state index in [1.165, 1.54) is 10.9 Å². The SMILES string of the molecule is CCn1cc(SCC(=O)N2N=C(c3ccc(Br)cc3)CC2c2ccc(OC)cc2)c2ccccc21. The Balaban J connectivity index is 1.41. The van der Waals surface area contributed by atoms with Gasteiger partial charge in [0, 0.05) is 39.4 Å². The second-order valence-electron chi connectivity index (χ2n) is 8.37. The molecule has 7 heteroatoms. The van der Waals surface area contributed by atoms with Crippen LogP contribution in [-0.2, 0) is 11.3 Å². The van der Waals surface area contributed by atoms with Gasteiger partial charge in [0.15, 0.2) is 0 Å². The third-order valence-electron chi connectivity index (χ3n) is 6.29. The van der Waals surface area contributed by atoms with E-state index in [2.05, 4.69) is 51.8 Å². The molecule has 0 radical (unpaired) electrons. The van der Waals surface area contributed by atoms with Crippen molar-refractivity contribution in [2.75, 3.05) is 12.9 Å². The van der Waals surface area contributed by atoms with Crippen molar-refractivity contribution in [1.29, 1.82) is 0 Å². The number of benzene rings is 3. The summed E-state index contributed by atoms with van der Waals surface area (Å²) >= 11 is 5.07. The van der Waals surface area contributed by atoms with Crippen LogP contribution in [-0.4, -0.2) is 34.1 Å². The van der Waals surface area contributed by atoms with Crippen molar-refractivity contribution in [3.05, 3.63) is 94.6 Å². The van der Waals surface area contributed by atoms with Crippen molar-refractivity contribution in [1.82, 2.24) is 9.58 Å². The number of halogens is 1. The topological polar surface area (TPSA) is 46.8 Å². The van der Waals surface area contributed by atoms with Crippen molar-refractivity contribution < 1.29 is 9.53 Å². The van der Waals surface area contributed by atoms with Gasteiger partial charge in [-0.25, -0.2) is 5.01 Å². The molecule has 1 aromatic heterocycles. The first-order chi connectivity index (χ1) is 17.1. The van der Waals surface area contributed by atoms with E-state index in [9.17, 15) is 4.79 Å². The lowest BCUT2D eigenvalue weighted by molar-refractivity contribution is -0.130. The number of nitrogens with zero attached hydrogens (tertiary/aromatic N) is 3. The largest absolute Gasteiger partial charge is 0.497 e. The summed E-state index contributed by atoms with van der Waals surface area (Å²) in [5.41, 5.74) is 4.18. The Morgan fingerprint density at radius 1 is 1.09 bits per heavy atom. The van der Waals surface area contributed by atoms with Crippen molar-refractivity contribution in [3.63, 3.8) is 0 Å². The Labute approximate surface area is 217 Å². The zero-order chi connectivity index (χ0) is 24.4. The number of thioether (sulfide) groups is 1. The van der Waals surface area contributed by atoms with Gasteiger partial charge in [-0.05, 0) is 48.4 Å². The Morgan fingerprint density at radius 3 is 2.54 bits per heavy atom. The summed E-state index contributed by atoms with van der Waals surface area (Å²) in [5.74, 6) is 1.11. The molecule has 0 fully saturated rings. The molecule has 178 valence electrons. The highest BCUT2D eigenvalue weighted by Gasteiger charge is 2.33. The van der Waals surface area contributed by atoms with Crippen molar-refractivity contribution >= 4 is 50.2 Å². The minimum Gasteiger partial charge on any atom is -0.497 e. The molecule has 5 nitrogen and oxygen atoms in total. The highest BCUT2D eigenvalue weighted by Crippen LogP contribution is 2.36. The molecule has 1 aliphatic rings. The molecule has 1 amide bonds. The molecular weight excluding hydrogens is 522 g/mol. The maximum Gasteiger partial charge on any atom is 0.253 e. The van der Waals surface area contributed by atoms with Gasteiger partial charge in [0.25, 0.3) is 5.91 Å². The molecule has 1 atom stereocenters. The monoisotopic (exact) mass is 547 g/mol. The van der Waals surface area contributed by atoms with Gasteiger partial charge >= 0.3 is 0 Å². The second-order valence-corrected chi connectivity index (χ2v) is 10.3. The Bertz CT molecular complexity index is 1380. The van der Waals surface area contributed by atoms with Crippen LogP contribution in [0, 0.1) is 0 Å². The molecule has 0 saturated heterocycles. The van der Waals surface area contributed by atoms with Crippen LogP contribution in [0.1, 0.15) is 30.5 Å². The Morgan fingerprint density at radius 2 is 1.83 bits per heavy atom. The zero-order valence-electron chi connectivity index (χ0n) is 19.6. The zero-order valence-corrected chi connectivity index (χ0v) is 22.1. The van der Waals surface area contributed by atoms with Crippen LogP contribution >= 0.6 is 27.7 Å². The van der Waals surface area contributed by atoms with Crippen molar-refractivity contribution in [2.45, 2.75) is 30.8 Å². The molecule has 0 saturated carbocycles. The van der Waals surface area contributed by atoms with E-state index in [0.717, 1.165) is 38.5 Å². The highest BCUT2D eigenvalue weighted by atomic mass is 79.9. The number of rotatable bonds is 7. The number of fused-ring (bicyclic) bond motifs is 1. The van der Waals surface area contributed by atoms with Crippen LogP contribution in [0.3, 0.4) is 0 Å². The van der Waals surface area contributed by atoms with Gasteiger partial charge in [-0.3, -0.25) is 4.79 Å². The van der Waals surface area contributed by atoms with E-state index in [0.29, 0.717) is 12.2 Å². The minimum absolute atomic E-state index is 0.00346. The summed E-state index contributed by atoms with van der Waals surface area (Å²) in [7, 11) is 1.65. The lowest BCUT2D eigenvalue weighted by Crippen LogP contribution is -2.28. The van der Waals surface area contributed by atoms with Gasteiger partial charge in [-0.15, -0.1) is 11.8 Å². The number of methoxy groups -OCH3 is 1. The number of hydrazone groups is 1. The number of para-hydroxylation sites is 1. The van der Waals surface area contributed by atoms with Gasteiger partial charge in [0.2, 0.25) is 0 Å². The number of carbonyl (C=O) groups is 1. The number of carbonyl (C=O) groups excluding carboxylic acids is 1. The number of hydrogen-bond donors (Lipinski definition) is 0. The lowest BCUT2D eigenvalue weighted by Gasteiger charge is -2.22. The maximum atomic E-state index is 13.5. The molecule has 1 aliphatic heterocycles. The lowest BCUT2D eigenvalue weighted by atomic mass is 9.98. The van der Waals surface area contributed by atoms with Crippen LogP contribution < -0.4 is 4.74 Å². The molecule has 2 heterocycles. The van der Waals surface area contributed by atoms with Crippen molar-refractivity contribution in [2.24, 2.45) is 5.10 Å². The summed E-state index contributed by atoms with van der Waals surface area (Å²) in [4.78, 5) is 14.6. The smallest absolute Gasteiger partial charge is 0.253 e. The first-order valence-electron chi connectivity index (χ1n) is 11.6. The van der Waals surface area contributed by atoms with E-state index >= 15 is 0 Å². The predicted molar refractivity (Wildman–Crippen MR) is 146 cm³/mol. The molecular formula is C28H26BrN3O2S.